The second-order valence-corrected chi connectivity index (χ2v) is 5.82. The van der Waals surface area contributed by atoms with Crippen molar-refractivity contribution < 1.29 is 14.7 Å². The van der Waals surface area contributed by atoms with Crippen molar-refractivity contribution in [3.05, 3.63) is 28.7 Å². The molecule has 1 rings (SSSR count). The highest BCUT2D eigenvalue weighted by atomic mass is 79.9. The van der Waals surface area contributed by atoms with Gasteiger partial charge in [0.25, 0.3) is 0 Å². The summed E-state index contributed by atoms with van der Waals surface area (Å²) in [4.78, 5) is 25.0. The van der Waals surface area contributed by atoms with Crippen LogP contribution in [0.25, 0.3) is 0 Å². The van der Waals surface area contributed by atoms with Gasteiger partial charge in [-0.05, 0) is 38.4 Å². The Morgan fingerprint density at radius 2 is 1.90 bits per heavy atom. The summed E-state index contributed by atoms with van der Waals surface area (Å²) in [5.74, 6) is -1.36. The number of carbonyl (C=O) groups is 2. The van der Waals surface area contributed by atoms with Crippen molar-refractivity contribution in [3.63, 3.8) is 0 Å². The monoisotopic (exact) mass is 357 g/mol. The predicted octanol–water partition coefficient (Wildman–Crippen LogP) is 1.38. The zero-order chi connectivity index (χ0) is 15.8. The molecule has 6 nitrogen and oxygen atoms in total. The summed E-state index contributed by atoms with van der Waals surface area (Å²) in [6.07, 6.45) is -0.112. The van der Waals surface area contributed by atoms with Gasteiger partial charge in [-0.1, -0.05) is 15.9 Å². The fraction of sp³-hybridized carbons (Fsp3) is 0.429. The molecule has 0 radical (unpaired) electrons. The van der Waals surface area contributed by atoms with Gasteiger partial charge in [0.15, 0.2) is 0 Å². The number of aliphatic carboxylic acids is 1. The fourth-order valence-electron chi connectivity index (χ4n) is 1.64. The van der Waals surface area contributed by atoms with Gasteiger partial charge in [0, 0.05) is 23.2 Å². The van der Waals surface area contributed by atoms with Crippen LogP contribution in [0.3, 0.4) is 0 Å². The molecule has 0 bridgehead atoms. The van der Waals surface area contributed by atoms with Gasteiger partial charge in [0.1, 0.15) is 6.04 Å². The molecule has 7 heteroatoms. The van der Waals surface area contributed by atoms with Crippen molar-refractivity contribution in [1.82, 2.24) is 10.2 Å². The molecule has 0 unspecified atom stereocenters. The van der Waals surface area contributed by atoms with Crippen molar-refractivity contribution in [1.29, 1.82) is 0 Å². The molecule has 3 N–H and O–H groups in total. The maximum Gasteiger partial charge on any atom is 0.321 e. The van der Waals surface area contributed by atoms with E-state index in [1.807, 2.05) is 19.0 Å². The molecule has 21 heavy (non-hydrogen) atoms. The van der Waals surface area contributed by atoms with Crippen LogP contribution in [0.15, 0.2) is 28.7 Å². The number of likely N-dealkylation sites (N-methyl/N-ethyl adjacent to an activating group) is 1. The molecule has 116 valence electrons. The number of halogens is 1. The minimum atomic E-state index is -1.03. The van der Waals surface area contributed by atoms with Crippen molar-refractivity contribution in [3.8, 4) is 0 Å². The molecule has 0 aromatic heterocycles. The molecule has 0 aliphatic heterocycles. The summed E-state index contributed by atoms with van der Waals surface area (Å²) < 4.78 is 0.911. The van der Waals surface area contributed by atoms with Crippen molar-refractivity contribution >= 4 is 33.5 Å². The van der Waals surface area contributed by atoms with E-state index in [4.69, 9.17) is 5.11 Å². The Morgan fingerprint density at radius 1 is 1.29 bits per heavy atom. The van der Waals surface area contributed by atoms with E-state index >= 15 is 0 Å². The lowest BCUT2D eigenvalue weighted by atomic mass is 10.2. The third kappa shape index (κ3) is 7.22. The van der Waals surface area contributed by atoms with Crippen LogP contribution in [-0.4, -0.2) is 55.1 Å². The molecule has 0 saturated heterocycles. The van der Waals surface area contributed by atoms with Crippen LogP contribution < -0.4 is 10.6 Å². The topological polar surface area (TPSA) is 81.7 Å². The highest BCUT2D eigenvalue weighted by Gasteiger charge is 2.20. The van der Waals surface area contributed by atoms with Gasteiger partial charge in [-0.2, -0.15) is 0 Å². The second-order valence-electron chi connectivity index (χ2n) is 4.91. The summed E-state index contributed by atoms with van der Waals surface area (Å²) in [6, 6.07) is 6.22. The number of amides is 1. The average molecular weight is 358 g/mol. The number of anilines is 1. The Hall–Kier alpha value is -1.44. The number of hydrogen-bond donors (Lipinski definition) is 3. The summed E-state index contributed by atoms with van der Waals surface area (Å²) in [5, 5.41) is 14.7. The minimum absolute atomic E-state index is 0.112. The molecule has 1 atom stereocenters. The number of hydrogen-bond acceptors (Lipinski definition) is 4. The number of benzene rings is 1. The SMILES string of the molecule is CN(C)CCN[C@@H](CC(=O)Nc1ccc(Br)cc1)C(=O)O. The van der Waals surface area contributed by atoms with Crippen molar-refractivity contribution in [2.24, 2.45) is 0 Å². The van der Waals surface area contributed by atoms with Gasteiger partial charge in [-0.3, -0.25) is 9.59 Å². The number of nitrogens with zero attached hydrogens (tertiary/aromatic N) is 1. The van der Waals surface area contributed by atoms with E-state index in [9.17, 15) is 9.59 Å². The lowest BCUT2D eigenvalue weighted by molar-refractivity contribution is -0.141. The third-order valence-corrected chi connectivity index (χ3v) is 3.29. The van der Waals surface area contributed by atoms with Gasteiger partial charge < -0.3 is 20.6 Å². The highest BCUT2D eigenvalue weighted by Crippen LogP contribution is 2.14. The third-order valence-electron chi connectivity index (χ3n) is 2.77. The number of rotatable bonds is 8. The Balaban J connectivity index is 2.48. The first-order valence-electron chi connectivity index (χ1n) is 6.55. The maximum absolute atomic E-state index is 11.9. The fourth-order valence-corrected chi connectivity index (χ4v) is 1.90. The van der Waals surface area contributed by atoms with Gasteiger partial charge in [-0.25, -0.2) is 0 Å². The van der Waals surface area contributed by atoms with Crippen molar-refractivity contribution in [2.75, 3.05) is 32.5 Å². The van der Waals surface area contributed by atoms with Gasteiger partial charge in [0.2, 0.25) is 5.91 Å². The number of carbonyl (C=O) groups excluding carboxylic acids is 1. The van der Waals surface area contributed by atoms with Crippen LogP contribution in [-0.2, 0) is 9.59 Å². The second kappa shape index (κ2) is 8.76. The summed E-state index contributed by atoms with van der Waals surface area (Å²) >= 11 is 3.31. The van der Waals surface area contributed by atoms with Gasteiger partial charge in [0.05, 0.1) is 6.42 Å². The lowest BCUT2D eigenvalue weighted by Gasteiger charge is -2.16. The quantitative estimate of drug-likeness (QED) is 0.654. The van der Waals surface area contributed by atoms with E-state index in [1.54, 1.807) is 24.3 Å². The van der Waals surface area contributed by atoms with E-state index < -0.39 is 12.0 Å². The van der Waals surface area contributed by atoms with E-state index in [0.29, 0.717) is 18.8 Å². The molecule has 1 amide bonds. The number of nitrogens with one attached hydrogen (secondary N) is 2. The molecule has 0 fully saturated rings. The van der Waals surface area contributed by atoms with E-state index in [2.05, 4.69) is 26.6 Å². The molecule has 0 aliphatic carbocycles. The summed E-state index contributed by atoms with van der Waals surface area (Å²) in [6.45, 7) is 1.22. The molecule has 0 spiro atoms. The van der Waals surface area contributed by atoms with E-state index in [1.165, 1.54) is 0 Å². The van der Waals surface area contributed by atoms with E-state index in [-0.39, 0.29) is 12.3 Å². The molecule has 0 heterocycles. The maximum atomic E-state index is 11.9. The summed E-state index contributed by atoms with van der Waals surface area (Å²) in [5.41, 5.74) is 0.639. The first-order valence-corrected chi connectivity index (χ1v) is 7.34. The number of carboxylic acids is 1. The Kier molecular flexibility index (Phi) is 7.35. The van der Waals surface area contributed by atoms with Gasteiger partial charge >= 0.3 is 5.97 Å². The predicted molar refractivity (Wildman–Crippen MR) is 85.4 cm³/mol. The largest absolute Gasteiger partial charge is 0.480 e. The zero-order valence-corrected chi connectivity index (χ0v) is 13.7. The first kappa shape index (κ1) is 17.6. The molecular formula is C14H20BrN3O3. The number of carboxylic acid groups (broad SMARTS) is 1. The zero-order valence-electron chi connectivity index (χ0n) is 12.1. The first-order chi connectivity index (χ1) is 9.88. The van der Waals surface area contributed by atoms with Crippen LogP contribution in [0.2, 0.25) is 0 Å². The van der Waals surface area contributed by atoms with Crippen molar-refractivity contribution in [2.45, 2.75) is 12.5 Å². The smallest absolute Gasteiger partial charge is 0.321 e. The van der Waals surface area contributed by atoms with Crippen LogP contribution in [0.4, 0.5) is 5.69 Å². The minimum Gasteiger partial charge on any atom is -0.480 e. The molecule has 0 saturated carbocycles. The summed E-state index contributed by atoms with van der Waals surface area (Å²) in [7, 11) is 3.80. The van der Waals surface area contributed by atoms with Gasteiger partial charge in [-0.15, -0.1) is 0 Å². The normalized spacial score (nSPS) is 12.2. The molecule has 0 aliphatic rings. The molecule has 1 aromatic rings. The Morgan fingerprint density at radius 3 is 2.43 bits per heavy atom. The Bertz CT molecular complexity index is 477. The molecular weight excluding hydrogens is 338 g/mol. The van der Waals surface area contributed by atoms with Crippen LogP contribution in [0.1, 0.15) is 6.42 Å². The van der Waals surface area contributed by atoms with Crippen LogP contribution in [0, 0.1) is 0 Å². The van der Waals surface area contributed by atoms with Crippen LogP contribution in [0.5, 0.6) is 0 Å². The Labute approximate surface area is 132 Å². The lowest BCUT2D eigenvalue weighted by Crippen LogP contribution is -2.42. The van der Waals surface area contributed by atoms with Crippen LogP contribution >= 0.6 is 15.9 Å². The molecule has 1 aromatic carbocycles. The van der Waals surface area contributed by atoms with E-state index in [0.717, 1.165) is 4.47 Å². The average Bonchev–Trinajstić information content (AvgIpc) is 2.39. The highest BCUT2D eigenvalue weighted by molar-refractivity contribution is 9.10. The standard InChI is InChI=1S/C14H20BrN3O3/c1-18(2)8-7-16-12(14(20)21)9-13(19)17-11-5-3-10(15)4-6-11/h3-6,12,16H,7-9H2,1-2H3,(H,17,19)(H,20,21)/t12-/m0/s1.